The van der Waals surface area contributed by atoms with E-state index in [9.17, 15) is 0 Å². The Balaban J connectivity index is 2.05. The van der Waals surface area contributed by atoms with E-state index < -0.39 is 0 Å². The van der Waals surface area contributed by atoms with Crippen LogP contribution in [0.2, 0.25) is 0 Å². The topological polar surface area (TPSA) is 29.3 Å². The zero-order valence-corrected chi connectivity index (χ0v) is 10.3. The van der Waals surface area contributed by atoms with Gasteiger partial charge in [-0.25, -0.2) is 0 Å². The lowest BCUT2D eigenvalue weighted by molar-refractivity contribution is 0.809. The molecule has 16 heavy (non-hydrogen) atoms. The van der Waals surface area contributed by atoms with Crippen molar-refractivity contribution >= 4 is 5.69 Å². The maximum atomic E-state index is 5.67. The molecule has 0 radical (unpaired) electrons. The summed E-state index contributed by atoms with van der Waals surface area (Å²) in [4.78, 5) is 2.37. The van der Waals surface area contributed by atoms with Crippen LogP contribution >= 0.6 is 0 Å². The van der Waals surface area contributed by atoms with E-state index in [0.717, 1.165) is 31.5 Å². The van der Waals surface area contributed by atoms with Gasteiger partial charge in [-0.15, -0.1) is 0 Å². The molecule has 0 aliphatic heterocycles. The lowest BCUT2D eigenvalue weighted by atomic mass is 10.1. The van der Waals surface area contributed by atoms with E-state index >= 15 is 0 Å². The van der Waals surface area contributed by atoms with Crippen molar-refractivity contribution in [1.29, 1.82) is 0 Å². The number of nitrogens with two attached hydrogens (primary N) is 1. The van der Waals surface area contributed by atoms with Gasteiger partial charge in [0.15, 0.2) is 0 Å². The molecule has 0 spiro atoms. The standard InChI is InChI=1S/C14H22N2/c1-3-16(4-2)13-7-5-11(6-8-13)14-9-12(14)10-15/h5-8,12,14H,3-4,9-10,15H2,1-2H3. The molecule has 0 bridgehead atoms. The molecule has 0 aromatic heterocycles. The smallest absolute Gasteiger partial charge is 0.0366 e. The Morgan fingerprint density at radius 2 is 1.81 bits per heavy atom. The van der Waals surface area contributed by atoms with E-state index in [1.54, 1.807) is 0 Å². The molecule has 2 unspecified atom stereocenters. The maximum absolute atomic E-state index is 5.67. The summed E-state index contributed by atoms with van der Waals surface area (Å²) in [5.41, 5.74) is 8.47. The lowest BCUT2D eigenvalue weighted by Gasteiger charge is -2.21. The largest absolute Gasteiger partial charge is 0.372 e. The second-order valence-corrected chi connectivity index (χ2v) is 4.60. The number of rotatable bonds is 5. The second-order valence-electron chi connectivity index (χ2n) is 4.60. The molecule has 2 atom stereocenters. The van der Waals surface area contributed by atoms with E-state index in [1.807, 2.05) is 0 Å². The summed E-state index contributed by atoms with van der Waals surface area (Å²) in [5, 5.41) is 0. The molecule has 1 aromatic carbocycles. The van der Waals surface area contributed by atoms with Crippen molar-refractivity contribution in [2.45, 2.75) is 26.2 Å². The highest BCUT2D eigenvalue weighted by Gasteiger charge is 2.36. The van der Waals surface area contributed by atoms with Crippen molar-refractivity contribution in [3.05, 3.63) is 29.8 Å². The highest BCUT2D eigenvalue weighted by Crippen LogP contribution is 2.46. The molecule has 1 saturated carbocycles. The number of nitrogens with zero attached hydrogens (tertiary/aromatic N) is 1. The number of anilines is 1. The molecule has 2 N–H and O–H groups in total. The molecule has 1 aromatic rings. The van der Waals surface area contributed by atoms with Gasteiger partial charge in [-0.3, -0.25) is 0 Å². The third kappa shape index (κ3) is 2.22. The molecule has 1 aliphatic rings. The third-order valence-electron chi connectivity index (χ3n) is 3.68. The average Bonchev–Trinajstić information content (AvgIpc) is 3.11. The summed E-state index contributed by atoms with van der Waals surface area (Å²) in [6, 6.07) is 9.03. The fourth-order valence-corrected chi connectivity index (χ4v) is 2.44. The monoisotopic (exact) mass is 218 g/mol. The van der Waals surface area contributed by atoms with Crippen LogP contribution in [-0.2, 0) is 0 Å². The summed E-state index contributed by atoms with van der Waals surface area (Å²) in [6.07, 6.45) is 1.28. The SMILES string of the molecule is CCN(CC)c1ccc(C2CC2CN)cc1. The van der Waals surface area contributed by atoms with E-state index in [2.05, 4.69) is 43.0 Å². The molecule has 1 aliphatic carbocycles. The Morgan fingerprint density at radius 1 is 1.19 bits per heavy atom. The van der Waals surface area contributed by atoms with Crippen molar-refractivity contribution in [1.82, 2.24) is 0 Å². The van der Waals surface area contributed by atoms with Crippen LogP contribution in [0.4, 0.5) is 5.69 Å². The zero-order chi connectivity index (χ0) is 11.5. The minimum Gasteiger partial charge on any atom is -0.372 e. The van der Waals surface area contributed by atoms with Gasteiger partial charge in [0.25, 0.3) is 0 Å². The first-order chi connectivity index (χ1) is 7.80. The first-order valence-corrected chi connectivity index (χ1v) is 6.35. The zero-order valence-electron chi connectivity index (χ0n) is 10.3. The van der Waals surface area contributed by atoms with Crippen LogP contribution in [0.25, 0.3) is 0 Å². The van der Waals surface area contributed by atoms with Crippen molar-refractivity contribution in [3.63, 3.8) is 0 Å². The Morgan fingerprint density at radius 3 is 2.25 bits per heavy atom. The highest BCUT2D eigenvalue weighted by molar-refractivity contribution is 5.48. The maximum Gasteiger partial charge on any atom is 0.0366 e. The Hall–Kier alpha value is -1.02. The van der Waals surface area contributed by atoms with Gasteiger partial charge in [-0.2, -0.15) is 0 Å². The summed E-state index contributed by atoms with van der Waals surface area (Å²) >= 11 is 0. The van der Waals surface area contributed by atoms with E-state index in [4.69, 9.17) is 5.73 Å². The van der Waals surface area contributed by atoms with Crippen LogP contribution < -0.4 is 10.6 Å². The minimum atomic E-state index is 0.732. The normalized spacial score (nSPS) is 23.2. The summed E-state index contributed by atoms with van der Waals surface area (Å²) < 4.78 is 0. The Labute approximate surface area is 98.4 Å². The van der Waals surface area contributed by atoms with Crippen LogP contribution in [-0.4, -0.2) is 19.6 Å². The van der Waals surface area contributed by atoms with Gasteiger partial charge in [0.1, 0.15) is 0 Å². The average molecular weight is 218 g/mol. The van der Waals surface area contributed by atoms with E-state index in [-0.39, 0.29) is 0 Å². The first-order valence-electron chi connectivity index (χ1n) is 6.35. The molecule has 0 saturated heterocycles. The van der Waals surface area contributed by atoms with Crippen molar-refractivity contribution < 1.29 is 0 Å². The van der Waals surface area contributed by atoms with Crippen molar-refractivity contribution in [2.75, 3.05) is 24.5 Å². The van der Waals surface area contributed by atoms with Crippen LogP contribution in [0.5, 0.6) is 0 Å². The van der Waals surface area contributed by atoms with Crippen molar-refractivity contribution in [2.24, 2.45) is 11.7 Å². The fraction of sp³-hybridized carbons (Fsp3) is 0.571. The molecule has 88 valence electrons. The minimum absolute atomic E-state index is 0.732. The fourth-order valence-electron chi connectivity index (χ4n) is 2.44. The van der Waals surface area contributed by atoms with Crippen LogP contribution in [0.1, 0.15) is 31.7 Å². The predicted octanol–water partition coefficient (Wildman–Crippen LogP) is 2.60. The third-order valence-corrected chi connectivity index (χ3v) is 3.68. The molecule has 0 heterocycles. The number of benzene rings is 1. The van der Waals surface area contributed by atoms with Gasteiger partial charge < -0.3 is 10.6 Å². The lowest BCUT2D eigenvalue weighted by Crippen LogP contribution is -2.21. The van der Waals surface area contributed by atoms with Gasteiger partial charge in [0, 0.05) is 18.8 Å². The van der Waals surface area contributed by atoms with Gasteiger partial charge >= 0.3 is 0 Å². The molecule has 0 amide bonds. The van der Waals surface area contributed by atoms with Crippen LogP contribution in [0, 0.1) is 5.92 Å². The number of hydrogen-bond donors (Lipinski definition) is 1. The molecular formula is C14H22N2. The van der Waals surface area contributed by atoms with Crippen LogP contribution in [0.3, 0.4) is 0 Å². The summed E-state index contributed by atoms with van der Waals surface area (Å²) in [7, 11) is 0. The molecule has 2 rings (SSSR count). The molecular weight excluding hydrogens is 196 g/mol. The van der Waals surface area contributed by atoms with Crippen molar-refractivity contribution in [3.8, 4) is 0 Å². The van der Waals surface area contributed by atoms with Gasteiger partial charge in [0.05, 0.1) is 0 Å². The van der Waals surface area contributed by atoms with Crippen LogP contribution in [0.15, 0.2) is 24.3 Å². The van der Waals surface area contributed by atoms with Gasteiger partial charge in [-0.05, 0) is 56.3 Å². The quantitative estimate of drug-likeness (QED) is 0.823. The summed E-state index contributed by atoms with van der Waals surface area (Å²) in [5.74, 6) is 1.47. The van der Waals surface area contributed by atoms with Gasteiger partial charge in [-0.1, -0.05) is 12.1 Å². The number of hydrogen-bond acceptors (Lipinski definition) is 2. The second kappa shape index (κ2) is 4.88. The molecule has 2 nitrogen and oxygen atoms in total. The van der Waals surface area contributed by atoms with Gasteiger partial charge in [0.2, 0.25) is 0 Å². The van der Waals surface area contributed by atoms with E-state index in [0.29, 0.717) is 0 Å². The highest BCUT2D eigenvalue weighted by atomic mass is 15.1. The molecule has 2 heteroatoms. The first kappa shape index (κ1) is 11.5. The predicted molar refractivity (Wildman–Crippen MR) is 69.9 cm³/mol. The Kier molecular flexibility index (Phi) is 3.49. The summed E-state index contributed by atoms with van der Waals surface area (Å²) in [6.45, 7) is 7.38. The Bertz CT molecular complexity index is 327. The van der Waals surface area contributed by atoms with E-state index in [1.165, 1.54) is 17.7 Å². The molecule has 1 fully saturated rings.